The smallest absolute Gasteiger partial charge is 0.355 e. The molecule has 0 saturated carbocycles. The van der Waals surface area contributed by atoms with E-state index in [0.29, 0.717) is 18.0 Å². The number of aromatic nitrogens is 1. The Labute approximate surface area is 169 Å². The highest BCUT2D eigenvalue weighted by Gasteiger charge is 2.19. The summed E-state index contributed by atoms with van der Waals surface area (Å²) in [5.74, 6) is 0.0724. The van der Waals surface area contributed by atoms with E-state index in [0.717, 1.165) is 20.3 Å². The molecule has 0 saturated heterocycles. The first-order chi connectivity index (χ1) is 13.0. The molecule has 0 unspecified atom stereocenters. The molecule has 6 nitrogen and oxygen atoms in total. The number of benzene rings is 1. The molecule has 8 heteroatoms. The maximum atomic E-state index is 12.5. The minimum atomic E-state index is -0.428. The van der Waals surface area contributed by atoms with Gasteiger partial charge >= 0.3 is 5.97 Å². The number of halogens is 1. The summed E-state index contributed by atoms with van der Waals surface area (Å²) in [7, 11) is 1.59. The number of ether oxygens (including phenoxy) is 2. The van der Waals surface area contributed by atoms with E-state index >= 15 is 0 Å². The molecule has 27 heavy (non-hydrogen) atoms. The second kappa shape index (κ2) is 8.58. The van der Waals surface area contributed by atoms with E-state index in [9.17, 15) is 9.59 Å². The molecule has 0 radical (unpaired) electrons. The fourth-order valence-corrected chi connectivity index (χ4v) is 4.09. The summed E-state index contributed by atoms with van der Waals surface area (Å²) in [4.78, 5) is 25.6. The third-order valence-electron chi connectivity index (χ3n) is 4.01. The van der Waals surface area contributed by atoms with Crippen LogP contribution in [0.25, 0.3) is 10.2 Å². The van der Waals surface area contributed by atoms with E-state index in [1.165, 1.54) is 11.3 Å². The zero-order valence-corrected chi connectivity index (χ0v) is 17.4. The molecule has 0 aliphatic carbocycles. The van der Waals surface area contributed by atoms with E-state index in [-0.39, 0.29) is 19.1 Å². The van der Waals surface area contributed by atoms with Gasteiger partial charge in [0.15, 0.2) is 0 Å². The minimum absolute atomic E-state index is 0.0362. The molecular formula is C19H19BrN2O4S. The fraction of sp³-hybridized carbons (Fsp3) is 0.263. The first kappa shape index (κ1) is 19.4. The van der Waals surface area contributed by atoms with Crippen molar-refractivity contribution in [2.75, 3.05) is 13.7 Å². The average molecular weight is 451 g/mol. The quantitative estimate of drug-likeness (QED) is 0.552. The third-order valence-corrected chi connectivity index (χ3v) is 5.45. The Bertz CT molecular complexity index is 979. The van der Waals surface area contributed by atoms with E-state index in [4.69, 9.17) is 9.47 Å². The van der Waals surface area contributed by atoms with Crippen molar-refractivity contribution in [2.45, 2.75) is 20.0 Å². The zero-order chi connectivity index (χ0) is 19.4. The van der Waals surface area contributed by atoms with Gasteiger partial charge in [-0.15, -0.1) is 11.3 Å². The van der Waals surface area contributed by atoms with Crippen LogP contribution in [0, 0.1) is 0 Å². The van der Waals surface area contributed by atoms with Gasteiger partial charge < -0.3 is 19.4 Å². The van der Waals surface area contributed by atoms with Crippen LogP contribution in [0.4, 0.5) is 0 Å². The van der Waals surface area contributed by atoms with Crippen LogP contribution >= 0.6 is 27.3 Å². The van der Waals surface area contributed by atoms with Crippen molar-refractivity contribution in [1.29, 1.82) is 0 Å². The number of nitrogens with one attached hydrogen (secondary N) is 1. The Kier molecular flexibility index (Phi) is 6.18. The Hall–Kier alpha value is -2.32. The largest absolute Gasteiger partial charge is 0.496 e. The second-order valence-electron chi connectivity index (χ2n) is 5.75. The van der Waals surface area contributed by atoms with E-state index in [1.807, 2.05) is 29.6 Å². The fourth-order valence-electron chi connectivity index (χ4n) is 2.78. The summed E-state index contributed by atoms with van der Waals surface area (Å²) in [6, 6.07) is 9.29. The number of esters is 1. The third kappa shape index (κ3) is 4.33. The molecule has 0 aliphatic heterocycles. The molecule has 3 aromatic rings. The Balaban J connectivity index is 1.76. The molecule has 3 rings (SSSR count). The van der Waals surface area contributed by atoms with Crippen LogP contribution in [0.1, 0.15) is 23.0 Å². The van der Waals surface area contributed by atoms with Gasteiger partial charge in [-0.2, -0.15) is 0 Å². The predicted octanol–water partition coefficient (Wildman–Crippen LogP) is 3.97. The van der Waals surface area contributed by atoms with Crippen LogP contribution in [-0.4, -0.2) is 30.2 Å². The predicted molar refractivity (Wildman–Crippen MR) is 108 cm³/mol. The Morgan fingerprint density at radius 3 is 2.81 bits per heavy atom. The lowest BCUT2D eigenvalue weighted by Gasteiger charge is -2.12. The molecule has 0 atom stereocenters. The van der Waals surface area contributed by atoms with E-state index < -0.39 is 5.97 Å². The number of amides is 1. The number of rotatable bonds is 7. The SMILES string of the molecule is CCOC(=O)c1cc2ccsc2n1CC(=O)NCc1cc(Br)ccc1OC. The van der Waals surface area contributed by atoms with Gasteiger partial charge in [0.2, 0.25) is 5.91 Å². The monoisotopic (exact) mass is 450 g/mol. The van der Waals surface area contributed by atoms with Crippen LogP contribution < -0.4 is 10.1 Å². The first-order valence-electron chi connectivity index (χ1n) is 8.36. The molecule has 1 amide bonds. The number of hydrogen-bond donors (Lipinski definition) is 1. The maximum Gasteiger partial charge on any atom is 0.355 e. The molecule has 0 spiro atoms. The maximum absolute atomic E-state index is 12.5. The van der Waals surface area contributed by atoms with Crippen molar-refractivity contribution in [1.82, 2.24) is 9.88 Å². The Morgan fingerprint density at radius 1 is 1.26 bits per heavy atom. The van der Waals surface area contributed by atoms with E-state index in [1.54, 1.807) is 24.7 Å². The molecule has 142 valence electrons. The number of hydrogen-bond acceptors (Lipinski definition) is 5. The molecule has 2 heterocycles. The molecule has 0 bridgehead atoms. The highest BCUT2D eigenvalue weighted by Crippen LogP contribution is 2.26. The molecule has 0 fully saturated rings. The summed E-state index contributed by atoms with van der Waals surface area (Å²) in [5, 5.41) is 5.74. The van der Waals surface area contributed by atoms with Gasteiger partial charge in [-0.3, -0.25) is 4.79 Å². The normalized spacial score (nSPS) is 10.8. The van der Waals surface area contributed by atoms with Gasteiger partial charge in [0.05, 0.1) is 13.7 Å². The van der Waals surface area contributed by atoms with Crippen molar-refractivity contribution in [3.05, 3.63) is 51.4 Å². The highest BCUT2D eigenvalue weighted by atomic mass is 79.9. The zero-order valence-electron chi connectivity index (χ0n) is 15.0. The van der Waals surface area contributed by atoms with Crippen molar-refractivity contribution < 1.29 is 19.1 Å². The highest BCUT2D eigenvalue weighted by molar-refractivity contribution is 9.10. The number of carbonyl (C=O) groups excluding carboxylic acids is 2. The van der Waals surface area contributed by atoms with Crippen molar-refractivity contribution in [2.24, 2.45) is 0 Å². The topological polar surface area (TPSA) is 69.6 Å². The van der Waals surface area contributed by atoms with Crippen LogP contribution in [0.15, 0.2) is 40.2 Å². The summed E-state index contributed by atoms with van der Waals surface area (Å²) >= 11 is 4.91. The number of methoxy groups -OCH3 is 1. The Morgan fingerprint density at radius 2 is 2.07 bits per heavy atom. The number of nitrogens with zero attached hydrogens (tertiary/aromatic N) is 1. The van der Waals surface area contributed by atoms with Crippen LogP contribution in [0.3, 0.4) is 0 Å². The standard InChI is InChI=1S/C19H19BrN2O4S/c1-3-26-19(24)15-9-12-6-7-27-18(12)22(15)11-17(23)21-10-13-8-14(20)4-5-16(13)25-2/h4-9H,3,10-11H2,1-2H3,(H,21,23). The van der Waals surface area contributed by atoms with E-state index in [2.05, 4.69) is 21.2 Å². The molecular weight excluding hydrogens is 432 g/mol. The van der Waals surface area contributed by atoms with Crippen molar-refractivity contribution >= 4 is 49.4 Å². The number of carbonyl (C=O) groups is 2. The summed E-state index contributed by atoms with van der Waals surface area (Å²) < 4.78 is 13.0. The summed E-state index contributed by atoms with van der Waals surface area (Å²) in [5.41, 5.74) is 1.24. The lowest BCUT2D eigenvalue weighted by atomic mass is 10.2. The van der Waals surface area contributed by atoms with Gasteiger partial charge in [-0.05, 0) is 42.6 Å². The first-order valence-corrected chi connectivity index (χ1v) is 10.0. The van der Waals surface area contributed by atoms with Gasteiger partial charge in [-0.25, -0.2) is 4.79 Å². The average Bonchev–Trinajstić information content (AvgIpc) is 3.23. The molecule has 0 aliphatic rings. The molecule has 2 aromatic heterocycles. The van der Waals surface area contributed by atoms with Crippen LogP contribution in [-0.2, 0) is 22.6 Å². The van der Waals surface area contributed by atoms with Crippen LogP contribution in [0.5, 0.6) is 5.75 Å². The van der Waals surface area contributed by atoms with Crippen molar-refractivity contribution in [3.63, 3.8) is 0 Å². The molecule has 1 aromatic carbocycles. The summed E-state index contributed by atoms with van der Waals surface area (Å²) in [6.07, 6.45) is 0. The second-order valence-corrected chi connectivity index (χ2v) is 7.56. The van der Waals surface area contributed by atoms with Crippen LogP contribution in [0.2, 0.25) is 0 Å². The number of thiophene rings is 1. The van der Waals surface area contributed by atoms with Gasteiger partial charge in [-0.1, -0.05) is 15.9 Å². The van der Waals surface area contributed by atoms with Gasteiger partial charge in [0.25, 0.3) is 0 Å². The van der Waals surface area contributed by atoms with Crippen molar-refractivity contribution in [3.8, 4) is 5.75 Å². The number of fused-ring (bicyclic) bond motifs is 1. The lowest BCUT2D eigenvalue weighted by molar-refractivity contribution is -0.121. The summed E-state index contributed by atoms with van der Waals surface area (Å²) in [6.45, 7) is 2.40. The lowest BCUT2D eigenvalue weighted by Crippen LogP contribution is -2.28. The molecule has 1 N–H and O–H groups in total. The minimum Gasteiger partial charge on any atom is -0.496 e. The van der Waals surface area contributed by atoms with Gasteiger partial charge in [0.1, 0.15) is 22.8 Å². The van der Waals surface area contributed by atoms with Gasteiger partial charge in [0, 0.05) is 22.0 Å².